The number of nitrogens with one attached hydrogen (secondary N) is 1. The molecule has 1 N–H and O–H groups in total. The van der Waals surface area contributed by atoms with Gasteiger partial charge in [0.1, 0.15) is 22.7 Å². The molecule has 30 heavy (non-hydrogen) atoms. The summed E-state index contributed by atoms with van der Waals surface area (Å²) in [6, 6.07) is 5.83. The highest BCUT2D eigenvalue weighted by Gasteiger charge is 2.47. The lowest BCUT2D eigenvalue weighted by Crippen LogP contribution is -2.51. The van der Waals surface area contributed by atoms with Crippen molar-refractivity contribution in [3.63, 3.8) is 0 Å². The van der Waals surface area contributed by atoms with Crippen molar-refractivity contribution in [2.45, 2.75) is 58.1 Å². The van der Waals surface area contributed by atoms with E-state index in [2.05, 4.69) is 11.9 Å². The first-order valence-corrected chi connectivity index (χ1v) is 10.4. The second-order valence-electron chi connectivity index (χ2n) is 8.87. The van der Waals surface area contributed by atoms with E-state index in [1.54, 1.807) is 4.90 Å². The molecule has 1 saturated heterocycles. The molecule has 0 aromatic heterocycles. The number of aliphatic imine (C=N–C) groups is 1. The van der Waals surface area contributed by atoms with E-state index in [1.165, 1.54) is 0 Å². The Morgan fingerprint density at radius 2 is 2.00 bits per heavy atom. The number of ether oxygens (including phenoxy) is 2. The van der Waals surface area contributed by atoms with E-state index >= 15 is 0 Å². The van der Waals surface area contributed by atoms with Crippen LogP contribution in [-0.2, 0) is 9.53 Å². The van der Waals surface area contributed by atoms with Gasteiger partial charge in [-0.2, -0.15) is 0 Å². The minimum absolute atomic E-state index is 0.114. The van der Waals surface area contributed by atoms with Crippen molar-refractivity contribution in [2.75, 3.05) is 19.7 Å². The zero-order valence-electron chi connectivity index (χ0n) is 18.3. The van der Waals surface area contributed by atoms with Gasteiger partial charge in [-0.05, 0) is 70.7 Å². The van der Waals surface area contributed by atoms with Gasteiger partial charge in [-0.15, -0.1) is 6.58 Å². The topological polar surface area (TPSA) is 80.2 Å². The molecule has 0 unspecified atom stereocenters. The van der Waals surface area contributed by atoms with Gasteiger partial charge in [0.25, 0.3) is 5.91 Å². The Bertz CT molecular complexity index is 862. The first kappa shape index (κ1) is 21.9. The summed E-state index contributed by atoms with van der Waals surface area (Å²) in [5.41, 5.74) is 0.475. The van der Waals surface area contributed by atoms with Crippen molar-refractivity contribution in [2.24, 2.45) is 4.99 Å². The summed E-state index contributed by atoms with van der Waals surface area (Å²) < 4.78 is 11.2. The highest BCUT2D eigenvalue weighted by atomic mass is 16.6. The van der Waals surface area contributed by atoms with Crippen LogP contribution in [0.25, 0.3) is 0 Å². The summed E-state index contributed by atoms with van der Waals surface area (Å²) in [5, 5.41) is 2.94. The Morgan fingerprint density at radius 3 is 2.63 bits per heavy atom. The summed E-state index contributed by atoms with van der Waals surface area (Å²) in [6.45, 7) is 12.6. The Morgan fingerprint density at radius 1 is 1.30 bits per heavy atom. The summed E-state index contributed by atoms with van der Waals surface area (Å²) in [6.07, 6.45) is 3.16. The van der Waals surface area contributed by atoms with Crippen LogP contribution in [0.5, 0.6) is 5.75 Å². The van der Waals surface area contributed by atoms with E-state index in [0.717, 1.165) is 23.3 Å². The highest BCUT2D eigenvalue weighted by Crippen LogP contribution is 2.32. The number of hydrogen-bond donors (Lipinski definition) is 1. The molecular weight excluding hydrogens is 382 g/mol. The quantitative estimate of drug-likeness (QED) is 0.591. The smallest absolute Gasteiger partial charge is 0.410 e. The molecule has 1 fully saturated rings. The lowest BCUT2D eigenvalue weighted by atomic mass is 9.88. The molecule has 7 nitrogen and oxygen atoms in total. The van der Waals surface area contributed by atoms with Gasteiger partial charge in [0.2, 0.25) is 0 Å². The van der Waals surface area contributed by atoms with E-state index < -0.39 is 11.1 Å². The number of likely N-dealkylation sites (tertiary alicyclic amines) is 1. The number of rotatable bonds is 5. The first-order valence-electron chi connectivity index (χ1n) is 10.4. The SMILES string of the molecule is C=CCCOc1cc(C)cc(C2=NC3(CCN(C(=O)OC(C)(C)C)CC3)C(=O)N2)c1. The number of benzene rings is 1. The van der Waals surface area contributed by atoms with Crippen LogP contribution in [0, 0.1) is 6.92 Å². The third kappa shape index (κ3) is 5.01. The number of amides is 2. The van der Waals surface area contributed by atoms with Gasteiger partial charge in [0.15, 0.2) is 0 Å². The number of carbonyl (C=O) groups is 2. The predicted molar refractivity (Wildman–Crippen MR) is 116 cm³/mol. The van der Waals surface area contributed by atoms with Gasteiger partial charge in [-0.25, -0.2) is 4.79 Å². The van der Waals surface area contributed by atoms with Crippen molar-refractivity contribution < 1.29 is 19.1 Å². The van der Waals surface area contributed by atoms with Crippen LogP contribution in [0.15, 0.2) is 35.8 Å². The first-order chi connectivity index (χ1) is 14.1. The second kappa shape index (κ2) is 8.50. The Hall–Kier alpha value is -2.83. The lowest BCUT2D eigenvalue weighted by Gasteiger charge is -2.36. The summed E-state index contributed by atoms with van der Waals surface area (Å²) in [4.78, 5) is 31.6. The van der Waals surface area contributed by atoms with E-state index in [9.17, 15) is 9.59 Å². The zero-order chi connectivity index (χ0) is 21.9. The number of piperidine rings is 1. The minimum atomic E-state index is -0.832. The number of hydrogen-bond acceptors (Lipinski definition) is 5. The molecule has 162 valence electrons. The molecule has 1 aromatic carbocycles. The second-order valence-corrected chi connectivity index (χ2v) is 8.87. The number of aryl methyl sites for hydroxylation is 1. The van der Waals surface area contributed by atoms with Crippen molar-refractivity contribution in [3.05, 3.63) is 42.0 Å². The number of nitrogens with zero attached hydrogens (tertiary/aromatic N) is 2. The van der Waals surface area contributed by atoms with Crippen molar-refractivity contribution in [1.29, 1.82) is 0 Å². The highest BCUT2D eigenvalue weighted by molar-refractivity contribution is 6.15. The largest absolute Gasteiger partial charge is 0.493 e. The van der Waals surface area contributed by atoms with Gasteiger partial charge in [-0.3, -0.25) is 9.79 Å². The van der Waals surface area contributed by atoms with Gasteiger partial charge in [0.05, 0.1) is 6.61 Å². The van der Waals surface area contributed by atoms with E-state index in [4.69, 9.17) is 14.5 Å². The monoisotopic (exact) mass is 413 g/mol. The lowest BCUT2D eigenvalue weighted by molar-refractivity contribution is -0.125. The molecule has 0 radical (unpaired) electrons. The van der Waals surface area contributed by atoms with Crippen molar-refractivity contribution >= 4 is 17.8 Å². The molecule has 3 rings (SSSR count). The summed E-state index contributed by atoms with van der Waals surface area (Å²) in [5.74, 6) is 1.18. The molecule has 2 aliphatic rings. The van der Waals surface area contributed by atoms with Gasteiger partial charge < -0.3 is 19.7 Å². The molecule has 7 heteroatoms. The molecule has 0 saturated carbocycles. The third-order valence-electron chi connectivity index (χ3n) is 5.14. The average molecular weight is 414 g/mol. The molecule has 2 heterocycles. The average Bonchev–Trinajstić information content (AvgIpc) is 2.97. The zero-order valence-corrected chi connectivity index (χ0v) is 18.3. The van der Waals surface area contributed by atoms with Crippen LogP contribution >= 0.6 is 0 Å². The van der Waals surface area contributed by atoms with E-state index in [0.29, 0.717) is 38.4 Å². The van der Waals surface area contributed by atoms with Crippen LogP contribution in [0.4, 0.5) is 4.79 Å². The van der Waals surface area contributed by atoms with Crippen LogP contribution in [0.3, 0.4) is 0 Å². The Kier molecular flexibility index (Phi) is 6.19. The normalized spacial score (nSPS) is 18.1. The fourth-order valence-corrected chi connectivity index (χ4v) is 3.61. The standard InChI is InChI=1S/C23H31N3O4/c1-6-7-12-29-18-14-16(2)13-17(15-18)19-24-20(27)23(25-19)8-10-26(11-9-23)21(28)30-22(3,4)5/h6,13-15H,1,7-12H2,2-5H3,(H,24,25,27). The predicted octanol–water partition coefficient (Wildman–Crippen LogP) is 3.60. The van der Waals surface area contributed by atoms with E-state index in [-0.39, 0.29) is 12.0 Å². The maximum atomic E-state index is 12.8. The minimum Gasteiger partial charge on any atom is -0.493 e. The number of amidine groups is 1. The van der Waals surface area contributed by atoms with Crippen molar-refractivity contribution in [1.82, 2.24) is 10.2 Å². The summed E-state index contributed by atoms with van der Waals surface area (Å²) >= 11 is 0. The van der Waals surface area contributed by atoms with Crippen LogP contribution in [0.1, 0.15) is 51.2 Å². The fourth-order valence-electron chi connectivity index (χ4n) is 3.61. The Labute approximate surface area is 178 Å². The number of carbonyl (C=O) groups excluding carboxylic acids is 2. The third-order valence-corrected chi connectivity index (χ3v) is 5.14. The molecule has 2 amide bonds. The molecular formula is C23H31N3O4. The Balaban J connectivity index is 1.73. The maximum absolute atomic E-state index is 12.8. The van der Waals surface area contributed by atoms with Gasteiger partial charge in [0, 0.05) is 18.7 Å². The van der Waals surface area contributed by atoms with Crippen LogP contribution in [-0.4, -0.2) is 53.6 Å². The maximum Gasteiger partial charge on any atom is 0.410 e. The van der Waals surface area contributed by atoms with Crippen LogP contribution in [0.2, 0.25) is 0 Å². The van der Waals surface area contributed by atoms with Crippen molar-refractivity contribution in [3.8, 4) is 5.75 Å². The molecule has 0 bridgehead atoms. The van der Waals surface area contributed by atoms with Crippen LogP contribution < -0.4 is 10.1 Å². The molecule has 0 aliphatic carbocycles. The molecule has 1 aromatic rings. The van der Waals surface area contributed by atoms with E-state index in [1.807, 2.05) is 52.0 Å². The molecule has 0 atom stereocenters. The summed E-state index contributed by atoms with van der Waals surface area (Å²) in [7, 11) is 0. The van der Waals surface area contributed by atoms with Gasteiger partial charge in [-0.1, -0.05) is 6.08 Å². The fraction of sp³-hybridized carbons (Fsp3) is 0.522. The molecule has 1 spiro atoms. The molecule has 2 aliphatic heterocycles. The van der Waals surface area contributed by atoms with Gasteiger partial charge >= 0.3 is 6.09 Å².